The SMILES string of the molecule is Fc1cc(Cl)cc(F)c1-c1cc(SCc2ccccc2)c2c(c1)C1CNCCC1O2. The fourth-order valence-corrected chi connectivity index (χ4v) is 5.48. The number of fused-ring (bicyclic) bond motifs is 3. The Labute approximate surface area is 183 Å². The molecule has 154 valence electrons. The highest BCUT2D eigenvalue weighted by Crippen LogP contribution is 2.49. The second kappa shape index (κ2) is 8.22. The van der Waals surface area contributed by atoms with Crippen LogP contribution in [0.4, 0.5) is 8.78 Å². The minimum atomic E-state index is -0.656. The van der Waals surface area contributed by atoms with E-state index in [1.54, 1.807) is 11.8 Å². The van der Waals surface area contributed by atoms with Crippen LogP contribution in [0.15, 0.2) is 59.5 Å². The van der Waals surface area contributed by atoms with E-state index in [0.717, 1.165) is 53.6 Å². The molecule has 1 N–H and O–H groups in total. The predicted octanol–water partition coefficient (Wildman–Crippen LogP) is 6.42. The number of hydrogen-bond donors (Lipinski definition) is 1. The van der Waals surface area contributed by atoms with Gasteiger partial charge in [0.2, 0.25) is 0 Å². The summed E-state index contributed by atoms with van der Waals surface area (Å²) in [6.45, 7) is 1.71. The van der Waals surface area contributed by atoms with Crippen LogP contribution in [0, 0.1) is 11.6 Å². The van der Waals surface area contributed by atoms with Crippen molar-refractivity contribution >= 4 is 23.4 Å². The van der Waals surface area contributed by atoms with Gasteiger partial charge in [0.1, 0.15) is 23.5 Å². The number of ether oxygens (including phenoxy) is 1. The fourth-order valence-electron chi connectivity index (χ4n) is 4.27. The summed E-state index contributed by atoms with van der Waals surface area (Å²) in [5.74, 6) is 0.475. The maximum Gasteiger partial charge on any atom is 0.137 e. The highest BCUT2D eigenvalue weighted by Gasteiger charge is 2.38. The Kier molecular flexibility index (Phi) is 5.44. The van der Waals surface area contributed by atoms with E-state index in [2.05, 4.69) is 17.4 Å². The van der Waals surface area contributed by atoms with E-state index in [1.165, 1.54) is 5.56 Å². The van der Waals surface area contributed by atoms with Gasteiger partial charge < -0.3 is 10.1 Å². The lowest BCUT2D eigenvalue weighted by Crippen LogP contribution is -2.37. The highest BCUT2D eigenvalue weighted by atomic mass is 35.5. The lowest BCUT2D eigenvalue weighted by Gasteiger charge is -2.24. The molecule has 3 aromatic rings. The molecule has 0 saturated carbocycles. The summed E-state index contributed by atoms with van der Waals surface area (Å²) in [6.07, 6.45) is 1.02. The summed E-state index contributed by atoms with van der Waals surface area (Å²) < 4.78 is 35.7. The molecule has 0 spiro atoms. The first-order chi connectivity index (χ1) is 14.6. The molecule has 0 aromatic heterocycles. The number of halogens is 3. The number of nitrogens with one attached hydrogen (secondary N) is 1. The van der Waals surface area contributed by atoms with Crippen LogP contribution in [0.2, 0.25) is 5.02 Å². The quantitative estimate of drug-likeness (QED) is 0.470. The third-order valence-corrected chi connectivity index (χ3v) is 7.01. The largest absolute Gasteiger partial charge is 0.488 e. The first-order valence-corrected chi connectivity index (χ1v) is 11.3. The Morgan fingerprint density at radius 3 is 2.60 bits per heavy atom. The van der Waals surface area contributed by atoms with Crippen molar-refractivity contribution in [3.05, 3.63) is 82.4 Å². The molecule has 6 heteroatoms. The second-order valence-electron chi connectivity index (χ2n) is 7.67. The lowest BCUT2D eigenvalue weighted by atomic mass is 9.89. The molecule has 2 heterocycles. The number of hydrogen-bond acceptors (Lipinski definition) is 3. The smallest absolute Gasteiger partial charge is 0.137 e. The summed E-state index contributed by atoms with van der Waals surface area (Å²) in [6, 6.07) is 16.2. The van der Waals surface area contributed by atoms with E-state index in [0.29, 0.717) is 5.56 Å². The molecule has 1 saturated heterocycles. The normalized spacial score (nSPS) is 19.8. The topological polar surface area (TPSA) is 21.3 Å². The van der Waals surface area contributed by atoms with Gasteiger partial charge in [-0.05, 0) is 48.4 Å². The van der Waals surface area contributed by atoms with Gasteiger partial charge in [-0.25, -0.2) is 8.78 Å². The zero-order valence-corrected chi connectivity index (χ0v) is 17.7. The van der Waals surface area contributed by atoms with E-state index < -0.39 is 11.6 Å². The van der Waals surface area contributed by atoms with Gasteiger partial charge in [0.15, 0.2) is 0 Å². The molecule has 2 aliphatic heterocycles. The molecule has 1 fully saturated rings. The summed E-state index contributed by atoms with van der Waals surface area (Å²) in [4.78, 5) is 0.912. The number of piperidine rings is 1. The molecule has 0 bridgehead atoms. The average molecular weight is 444 g/mol. The minimum Gasteiger partial charge on any atom is -0.488 e. The molecular formula is C24H20ClF2NOS. The number of benzene rings is 3. The van der Waals surface area contributed by atoms with E-state index in [4.69, 9.17) is 16.3 Å². The molecule has 30 heavy (non-hydrogen) atoms. The van der Waals surface area contributed by atoms with Crippen LogP contribution in [-0.2, 0) is 5.75 Å². The number of thioether (sulfide) groups is 1. The van der Waals surface area contributed by atoms with E-state index in [9.17, 15) is 8.78 Å². The van der Waals surface area contributed by atoms with Gasteiger partial charge in [-0.2, -0.15) is 0 Å². The van der Waals surface area contributed by atoms with Crippen LogP contribution < -0.4 is 10.1 Å². The van der Waals surface area contributed by atoms with Gasteiger partial charge in [-0.1, -0.05) is 41.9 Å². The average Bonchev–Trinajstić information content (AvgIpc) is 3.11. The van der Waals surface area contributed by atoms with Crippen LogP contribution in [0.25, 0.3) is 11.1 Å². The van der Waals surface area contributed by atoms with Gasteiger partial charge in [0, 0.05) is 28.8 Å². The van der Waals surface area contributed by atoms with Crippen molar-refractivity contribution in [3.8, 4) is 16.9 Å². The third kappa shape index (κ3) is 3.70. The van der Waals surface area contributed by atoms with Crippen molar-refractivity contribution in [2.75, 3.05) is 13.1 Å². The summed E-state index contributed by atoms with van der Waals surface area (Å²) >= 11 is 7.46. The van der Waals surface area contributed by atoms with Crippen molar-refractivity contribution < 1.29 is 13.5 Å². The van der Waals surface area contributed by atoms with Gasteiger partial charge in [0.05, 0.1) is 10.5 Å². The Hall–Kier alpha value is -2.08. The zero-order chi connectivity index (χ0) is 20.7. The third-order valence-electron chi connectivity index (χ3n) is 5.70. The van der Waals surface area contributed by atoms with E-state index in [-0.39, 0.29) is 22.6 Å². The van der Waals surface area contributed by atoms with Crippen molar-refractivity contribution in [2.45, 2.75) is 29.1 Å². The first-order valence-electron chi connectivity index (χ1n) is 9.97. The Balaban J connectivity index is 1.59. The zero-order valence-electron chi connectivity index (χ0n) is 16.1. The second-order valence-corrected chi connectivity index (χ2v) is 9.12. The Bertz CT molecular complexity index is 1070. The molecular weight excluding hydrogens is 424 g/mol. The van der Waals surface area contributed by atoms with Gasteiger partial charge >= 0.3 is 0 Å². The van der Waals surface area contributed by atoms with E-state index >= 15 is 0 Å². The van der Waals surface area contributed by atoms with Crippen molar-refractivity contribution in [2.24, 2.45) is 0 Å². The molecule has 2 aliphatic rings. The van der Waals surface area contributed by atoms with Crippen LogP contribution in [0.1, 0.15) is 23.5 Å². The molecule has 0 radical (unpaired) electrons. The molecule has 0 aliphatic carbocycles. The highest BCUT2D eigenvalue weighted by molar-refractivity contribution is 7.98. The molecule has 5 rings (SSSR count). The fraction of sp³-hybridized carbons (Fsp3) is 0.250. The molecule has 2 unspecified atom stereocenters. The van der Waals surface area contributed by atoms with Crippen LogP contribution in [-0.4, -0.2) is 19.2 Å². The van der Waals surface area contributed by atoms with Crippen molar-refractivity contribution in [3.63, 3.8) is 0 Å². The van der Waals surface area contributed by atoms with Crippen molar-refractivity contribution in [1.82, 2.24) is 5.32 Å². The standard InChI is InChI=1S/C24H20ClF2NOS/c25-16-10-19(26)23(20(27)11-16)15-8-17-18-12-28-7-6-21(18)29-24(17)22(9-15)30-13-14-4-2-1-3-5-14/h1-5,8-11,18,21,28H,6-7,12-13H2. The summed E-state index contributed by atoms with van der Waals surface area (Å²) in [5, 5.41) is 3.46. The first kappa shape index (κ1) is 19.9. The monoisotopic (exact) mass is 443 g/mol. The van der Waals surface area contributed by atoms with Gasteiger partial charge in [-0.3, -0.25) is 0 Å². The van der Waals surface area contributed by atoms with Gasteiger partial charge in [0.25, 0.3) is 0 Å². The maximum absolute atomic E-state index is 14.7. The van der Waals surface area contributed by atoms with Crippen LogP contribution in [0.3, 0.4) is 0 Å². The van der Waals surface area contributed by atoms with Crippen molar-refractivity contribution in [1.29, 1.82) is 0 Å². The Morgan fingerprint density at radius 2 is 1.83 bits per heavy atom. The molecule has 3 aromatic carbocycles. The van der Waals surface area contributed by atoms with Crippen LogP contribution in [0.5, 0.6) is 5.75 Å². The molecule has 2 nitrogen and oxygen atoms in total. The Morgan fingerprint density at radius 1 is 1.07 bits per heavy atom. The molecule has 2 atom stereocenters. The number of rotatable bonds is 4. The van der Waals surface area contributed by atoms with Crippen LogP contribution >= 0.6 is 23.4 Å². The predicted molar refractivity (Wildman–Crippen MR) is 117 cm³/mol. The van der Waals surface area contributed by atoms with Gasteiger partial charge in [-0.15, -0.1) is 11.8 Å². The summed E-state index contributed by atoms with van der Waals surface area (Å²) in [5.41, 5.74) is 2.68. The minimum absolute atomic E-state index is 0.0454. The molecule has 0 amide bonds. The van der Waals surface area contributed by atoms with E-state index in [1.807, 2.05) is 30.3 Å². The lowest BCUT2D eigenvalue weighted by molar-refractivity contribution is 0.169. The summed E-state index contributed by atoms with van der Waals surface area (Å²) in [7, 11) is 0. The maximum atomic E-state index is 14.7.